The van der Waals surface area contributed by atoms with E-state index in [-0.39, 0.29) is 0 Å². The van der Waals surface area contributed by atoms with Gasteiger partial charge in [0.25, 0.3) is 0 Å². The third-order valence-corrected chi connectivity index (χ3v) is 13.0. The minimum atomic E-state index is 0.504. The zero-order chi connectivity index (χ0) is 21.7. The Kier molecular flexibility index (Phi) is 4.61. The molecule has 0 saturated heterocycles. The summed E-state index contributed by atoms with van der Waals surface area (Å²) in [6.45, 7) is 21.2. The van der Waals surface area contributed by atoms with Crippen LogP contribution in [0.25, 0.3) is 0 Å². The van der Waals surface area contributed by atoms with Gasteiger partial charge in [-0.05, 0) is 115 Å². The standard InChI is InChI=1S/C30H50/c1-20(2)21-12-17-27(5)22(21)13-18-29(7)24(27)10-11-25-28(6)16-9-15-26(3,4)23(28)14-19-30(25,29)8/h20,23-25H,9-19H2,1-8H3/t23-,24+,25+,27-,28-,29+,30+/m0/s1. The molecule has 0 N–H and O–H groups in total. The Labute approximate surface area is 188 Å². The van der Waals surface area contributed by atoms with E-state index in [1.165, 1.54) is 70.6 Å². The van der Waals surface area contributed by atoms with Gasteiger partial charge in [0, 0.05) is 0 Å². The molecule has 0 aromatic rings. The van der Waals surface area contributed by atoms with Gasteiger partial charge in [0.05, 0.1) is 0 Å². The molecule has 0 amide bonds. The smallest absolute Gasteiger partial charge is 0.00769 e. The fourth-order valence-corrected chi connectivity index (χ4v) is 11.4. The van der Waals surface area contributed by atoms with Crippen molar-refractivity contribution in [2.45, 2.75) is 126 Å². The summed E-state index contributed by atoms with van der Waals surface area (Å²) in [6.07, 6.45) is 16.2. The predicted octanol–water partition coefficient (Wildman–Crippen LogP) is 9.20. The topological polar surface area (TPSA) is 0 Å². The maximum atomic E-state index is 2.79. The maximum Gasteiger partial charge on any atom is -0.00769 e. The first-order chi connectivity index (χ1) is 13.9. The van der Waals surface area contributed by atoms with Crippen molar-refractivity contribution in [1.29, 1.82) is 0 Å². The van der Waals surface area contributed by atoms with Crippen molar-refractivity contribution in [3.8, 4) is 0 Å². The lowest BCUT2D eigenvalue weighted by Gasteiger charge is -2.72. The van der Waals surface area contributed by atoms with E-state index in [4.69, 9.17) is 0 Å². The van der Waals surface area contributed by atoms with Crippen LogP contribution >= 0.6 is 0 Å². The second-order valence-corrected chi connectivity index (χ2v) is 14.5. The molecule has 0 nitrogen and oxygen atoms in total. The number of fused-ring (bicyclic) bond motifs is 7. The van der Waals surface area contributed by atoms with Crippen molar-refractivity contribution in [1.82, 2.24) is 0 Å². The van der Waals surface area contributed by atoms with Gasteiger partial charge < -0.3 is 0 Å². The van der Waals surface area contributed by atoms with E-state index in [0.717, 1.165) is 23.7 Å². The molecule has 0 heterocycles. The summed E-state index contributed by atoms with van der Waals surface area (Å²) < 4.78 is 0. The van der Waals surface area contributed by atoms with Gasteiger partial charge in [-0.2, -0.15) is 0 Å². The maximum absolute atomic E-state index is 2.79. The third kappa shape index (κ3) is 2.46. The van der Waals surface area contributed by atoms with Crippen LogP contribution in [0.2, 0.25) is 0 Å². The van der Waals surface area contributed by atoms with Gasteiger partial charge in [0.1, 0.15) is 0 Å². The zero-order valence-electron chi connectivity index (χ0n) is 21.6. The molecule has 0 spiro atoms. The highest BCUT2D eigenvalue weighted by Gasteiger charge is 2.69. The number of rotatable bonds is 1. The molecule has 5 aliphatic rings. The fraction of sp³-hybridized carbons (Fsp3) is 0.933. The highest BCUT2D eigenvalue weighted by Crippen LogP contribution is 2.77. The van der Waals surface area contributed by atoms with Crippen LogP contribution in [0.5, 0.6) is 0 Å². The molecule has 4 saturated carbocycles. The van der Waals surface area contributed by atoms with Gasteiger partial charge in [0.2, 0.25) is 0 Å². The van der Waals surface area contributed by atoms with Crippen LogP contribution in [-0.4, -0.2) is 0 Å². The summed E-state index contributed by atoms with van der Waals surface area (Å²) in [7, 11) is 0. The average molecular weight is 411 g/mol. The SMILES string of the molecule is CC(C)C1=C2CC[C@]3(C)[C@H](CC[C@@H]4[C@@]5(C)CCCC(C)(C)[C@@H]5CC[C@]43C)[C@@]2(C)CC1. The second-order valence-electron chi connectivity index (χ2n) is 14.5. The minimum absolute atomic E-state index is 0.504. The summed E-state index contributed by atoms with van der Waals surface area (Å²) in [5.41, 5.74) is 6.51. The van der Waals surface area contributed by atoms with E-state index >= 15 is 0 Å². The third-order valence-electron chi connectivity index (χ3n) is 13.0. The highest BCUT2D eigenvalue weighted by atomic mass is 14.7. The quantitative estimate of drug-likeness (QED) is 0.378. The second kappa shape index (κ2) is 6.41. The molecule has 0 heteroatoms. The molecule has 4 fully saturated rings. The van der Waals surface area contributed by atoms with Crippen LogP contribution in [0.1, 0.15) is 126 Å². The number of allylic oxidation sites excluding steroid dienone is 2. The zero-order valence-corrected chi connectivity index (χ0v) is 21.6. The highest BCUT2D eigenvalue weighted by molar-refractivity contribution is 5.35. The van der Waals surface area contributed by atoms with Crippen LogP contribution in [0.3, 0.4) is 0 Å². The van der Waals surface area contributed by atoms with Crippen LogP contribution < -0.4 is 0 Å². The van der Waals surface area contributed by atoms with Gasteiger partial charge >= 0.3 is 0 Å². The van der Waals surface area contributed by atoms with E-state index in [0.29, 0.717) is 27.1 Å². The average Bonchev–Trinajstić information content (AvgIpc) is 2.99. The van der Waals surface area contributed by atoms with Crippen molar-refractivity contribution in [2.75, 3.05) is 0 Å². The number of hydrogen-bond donors (Lipinski definition) is 0. The van der Waals surface area contributed by atoms with Gasteiger partial charge in [-0.3, -0.25) is 0 Å². The fourth-order valence-electron chi connectivity index (χ4n) is 11.4. The molecule has 0 aromatic carbocycles. The summed E-state index contributed by atoms with van der Waals surface area (Å²) >= 11 is 0. The summed E-state index contributed by atoms with van der Waals surface area (Å²) in [5, 5.41) is 0. The Morgan fingerprint density at radius 3 is 2.03 bits per heavy atom. The lowest BCUT2D eigenvalue weighted by Crippen LogP contribution is -2.65. The Balaban J connectivity index is 1.55. The van der Waals surface area contributed by atoms with Crippen LogP contribution in [0, 0.1) is 50.7 Å². The molecule has 0 unspecified atom stereocenters. The Hall–Kier alpha value is -0.260. The lowest BCUT2D eigenvalue weighted by atomic mass is 9.32. The van der Waals surface area contributed by atoms with Crippen LogP contribution in [0.15, 0.2) is 11.1 Å². The van der Waals surface area contributed by atoms with Crippen molar-refractivity contribution in [2.24, 2.45) is 50.7 Å². The van der Waals surface area contributed by atoms with Crippen molar-refractivity contribution < 1.29 is 0 Å². The van der Waals surface area contributed by atoms with E-state index in [1.54, 1.807) is 0 Å². The molecule has 7 atom stereocenters. The van der Waals surface area contributed by atoms with Crippen molar-refractivity contribution >= 4 is 0 Å². The Bertz CT molecular complexity index is 754. The molecule has 5 rings (SSSR count). The van der Waals surface area contributed by atoms with E-state index < -0.39 is 0 Å². The van der Waals surface area contributed by atoms with E-state index in [9.17, 15) is 0 Å². The molecule has 0 aromatic heterocycles. The summed E-state index contributed by atoms with van der Waals surface area (Å²) in [5.74, 6) is 3.58. The monoisotopic (exact) mass is 410 g/mol. The van der Waals surface area contributed by atoms with Gasteiger partial charge in [-0.15, -0.1) is 0 Å². The van der Waals surface area contributed by atoms with Crippen LogP contribution in [-0.2, 0) is 0 Å². The first-order valence-electron chi connectivity index (χ1n) is 13.6. The van der Waals surface area contributed by atoms with E-state index in [1.807, 2.05) is 11.1 Å². The van der Waals surface area contributed by atoms with Crippen molar-refractivity contribution in [3.63, 3.8) is 0 Å². The molecule has 0 bridgehead atoms. The van der Waals surface area contributed by atoms with Gasteiger partial charge in [-0.25, -0.2) is 0 Å². The molecular weight excluding hydrogens is 360 g/mol. The Morgan fingerprint density at radius 1 is 0.667 bits per heavy atom. The Morgan fingerprint density at radius 2 is 1.33 bits per heavy atom. The first kappa shape index (κ1) is 21.6. The molecule has 30 heavy (non-hydrogen) atoms. The first-order valence-corrected chi connectivity index (χ1v) is 13.6. The molecule has 0 aliphatic heterocycles. The normalized spacial score (nSPS) is 52.5. The van der Waals surface area contributed by atoms with Crippen LogP contribution in [0.4, 0.5) is 0 Å². The predicted molar refractivity (Wildman–Crippen MR) is 129 cm³/mol. The van der Waals surface area contributed by atoms with E-state index in [2.05, 4.69) is 55.4 Å². The molecular formula is C30H50. The molecule has 0 radical (unpaired) electrons. The number of hydrogen-bond acceptors (Lipinski definition) is 0. The molecule has 5 aliphatic carbocycles. The summed E-state index contributed by atoms with van der Waals surface area (Å²) in [6, 6.07) is 0. The minimum Gasteiger partial charge on any atom is -0.0679 e. The lowest BCUT2D eigenvalue weighted by molar-refractivity contribution is -0.226. The van der Waals surface area contributed by atoms with Gasteiger partial charge in [-0.1, -0.05) is 73.0 Å². The molecule has 170 valence electrons. The largest absolute Gasteiger partial charge is 0.0679 e. The van der Waals surface area contributed by atoms with Crippen molar-refractivity contribution in [3.05, 3.63) is 11.1 Å². The van der Waals surface area contributed by atoms with Gasteiger partial charge in [0.15, 0.2) is 0 Å². The summed E-state index contributed by atoms with van der Waals surface area (Å²) in [4.78, 5) is 0.